The van der Waals surface area contributed by atoms with Gasteiger partial charge in [0.1, 0.15) is 11.6 Å². The zero-order valence-electron chi connectivity index (χ0n) is 11.4. The minimum absolute atomic E-state index is 0.124. The summed E-state index contributed by atoms with van der Waals surface area (Å²) >= 11 is 0. The number of phenolic OH excluding ortho intramolecular Hbond substituents is 2. The van der Waals surface area contributed by atoms with Gasteiger partial charge in [-0.1, -0.05) is 6.07 Å². The number of urea groups is 1. The van der Waals surface area contributed by atoms with Crippen LogP contribution in [0.2, 0.25) is 0 Å². The van der Waals surface area contributed by atoms with E-state index in [2.05, 4.69) is 10.6 Å². The third-order valence-corrected chi connectivity index (χ3v) is 2.92. The summed E-state index contributed by atoms with van der Waals surface area (Å²) < 4.78 is 26.1. The van der Waals surface area contributed by atoms with Crippen molar-refractivity contribution in [2.45, 2.75) is 6.42 Å². The smallest absolute Gasteiger partial charge is 0.319 e. The third-order valence-electron chi connectivity index (χ3n) is 2.92. The first-order valence-electron chi connectivity index (χ1n) is 6.46. The van der Waals surface area contributed by atoms with Gasteiger partial charge in [0.2, 0.25) is 0 Å². The Hall–Kier alpha value is -2.83. The fourth-order valence-corrected chi connectivity index (χ4v) is 1.80. The highest BCUT2D eigenvalue weighted by Crippen LogP contribution is 2.24. The highest BCUT2D eigenvalue weighted by molar-refractivity contribution is 5.89. The quantitative estimate of drug-likeness (QED) is 0.656. The minimum atomic E-state index is -0.862. The molecule has 0 atom stereocenters. The number of phenols is 2. The van der Waals surface area contributed by atoms with Gasteiger partial charge in [0.05, 0.1) is 5.69 Å². The van der Waals surface area contributed by atoms with Gasteiger partial charge < -0.3 is 20.8 Å². The van der Waals surface area contributed by atoms with Crippen molar-refractivity contribution in [3.8, 4) is 11.5 Å². The Morgan fingerprint density at radius 3 is 2.50 bits per heavy atom. The van der Waals surface area contributed by atoms with Crippen LogP contribution in [0.5, 0.6) is 11.5 Å². The van der Waals surface area contributed by atoms with Gasteiger partial charge in [-0.3, -0.25) is 0 Å². The Morgan fingerprint density at radius 2 is 1.82 bits per heavy atom. The van der Waals surface area contributed by atoms with Crippen LogP contribution < -0.4 is 10.6 Å². The number of hydrogen-bond donors (Lipinski definition) is 4. The van der Waals surface area contributed by atoms with E-state index in [9.17, 15) is 23.8 Å². The van der Waals surface area contributed by atoms with E-state index < -0.39 is 17.7 Å². The van der Waals surface area contributed by atoms with E-state index in [-0.39, 0.29) is 23.7 Å². The third kappa shape index (κ3) is 4.08. The van der Waals surface area contributed by atoms with E-state index in [1.807, 2.05) is 0 Å². The topological polar surface area (TPSA) is 81.6 Å². The van der Waals surface area contributed by atoms with Crippen LogP contribution in [-0.2, 0) is 6.42 Å². The van der Waals surface area contributed by atoms with Gasteiger partial charge >= 0.3 is 6.03 Å². The van der Waals surface area contributed by atoms with Gasteiger partial charge in [-0.25, -0.2) is 13.6 Å². The fourth-order valence-electron chi connectivity index (χ4n) is 1.80. The van der Waals surface area contributed by atoms with Gasteiger partial charge in [0.25, 0.3) is 0 Å². The van der Waals surface area contributed by atoms with E-state index in [4.69, 9.17) is 0 Å². The van der Waals surface area contributed by atoms with E-state index in [0.717, 1.165) is 12.1 Å². The van der Waals surface area contributed by atoms with Crippen LogP contribution in [-0.4, -0.2) is 22.8 Å². The summed E-state index contributed by atoms with van der Waals surface area (Å²) in [5, 5.41) is 23.3. The van der Waals surface area contributed by atoms with Crippen molar-refractivity contribution < 1.29 is 23.8 Å². The highest BCUT2D eigenvalue weighted by Gasteiger charge is 2.07. The minimum Gasteiger partial charge on any atom is -0.504 e. The van der Waals surface area contributed by atoms with Gasteiger partial charge in [0, 0.05) is 12.6 Å². The van der Waals surface area contributed by atoms with Crippen LogP contribution >= 0.6 is 0 Å². The fraction of sp³-hybridized carbons (Fsp3) is 0.133. The first-order chi connectivity index (χ1) is 10.5. The standard InChI is InChI=1S/C15H14F2N2O3/c16-10-2-3-12(11(17)8-10)19-15(22)18-6-5-9-1-4-13(20)14(21)7-9/h1-4,7-8,20-21H,5-6H2,(H2,18,19,22). The predicted molar refractivity (Wildman–Crippen MR) is 76.9 cm³/mol. The first kappa shape index (κ1) is 15.6. The second kappa shape index (κ2) is 6.75. The van der Waals surface area contributed by atoms with Crippen LogP contribution in [0, 0.1) is 11.6 Å². The average Bonchev–Trinajstić information content (AvgIpc) is 2.46. The lowest BCUT2D eigenvalue weighted by molar-refractivity contribution is 0.252. The molecule has 0 unspecified atom stereocenters. The maximum absolute atomic E-state index is 13.3. The summed E-state index contributed by atoms with van der Waals surface area (Å²) in [6.45, 7) is 0.235. The molecule has 5 nitrogen and oxygen atoms in total. The van der Waals surface area contributed by atoms with E-state index >= 15 is 0 Å². The molecule has 0 aliphatic rings. The number of nitrogens with one attached hydrogen (secondary N) is 2. The SMILES string of the molecule is O=C(NCCc1ccc(O)c(O)c1)Nc1ccc(F)cc1F. The van der Waals surface area contributed by atoms with Crippen LogP contribution in [0.15, 0.2) is 36.4 Å². The molecule has 22 heavy (non-hydrogen) atoms. The zero-order chi connectivity index (χ0) is 16.1. The molecule has 7 heteroatoms. The van der Waals surface area contributed by atoms with Crippen LogP contribution in [0.4, 0.5) is 19.3 Å². The molecule has 0 fully saturated rings. The Morgan fingerprint density at radius 1 is 1.05 bits per heavy atom. The largest absolute Gasteiger partial charge is 0.504 e. The van der Waals surface area contributed by atoms with E-state index in [1.54, 1.807) is 6.07 Å². The molecule has 116 valence electrons. The number of anilines is 1. The van der Waals surface area contributed by atoms with Crippen LogP contribution in [0.25, 0.3) is 0 Å². The normalized spacial score (nSPS) is 10.3. The Balaban J connectivity index is 1.83. The van der Waals surface area contributed by atoms with Crippen molar-refractivity contribution in [1.29, 1.82) is 0 Å². The molecule has 4 N–H and O–H groups in total. The number of rotatable bonds is 4. The molecule has 0 heterocycles. The lowest BCUT2D eigenvalue weighted by atomic mass is 10.1. The number of amides is 2. The number of halogens is 2. The van der Waals surface area contributed by atoms with E-state index in [1.165, 1.54) is 12.1 Å². The molecule has 0 spiro atoms. The average molecular weight is 308 g/mol. The molecule has 0 radical (unpaired) electrons. The predicted octanol–water partition coefficient (Wildman–Crippen LogP) is 2.74. The molecular weight excluding hydrogens is 294 g/mol. The molecule has 0 saturated heterocycles. The molecule has 0 saturated carbocycles. The highest BCUT2D eigenvalue weighted by atomic mass is 19.1. The van der Waals surface area contributed by atoms with Crippen molar-refractivity contribution in [3.05, 3.63) is 53.6 Å². The Kier molecular flexibility index (Phi) is 4.77. The first-order valence-corrected chi connectivity index (χ1v) is 6.46. The molecule has 2 aromatic carbocycles. The molecule has 2 amide bonds. The monoisotopic (exact) mass is 308 g/mol. The van der Waals surface area contributed by atoms with Gasteiger partial charge in [0.15, 0.2) is 11.5 Å². The van der Waals surface area contributed by atoms with Crippen LogP contribution in [0.3, 0.4) is 0 Å². The van der Waals surface area contributed by atoms with E-state index in [0.29, 0.717) is 18.1 Å². The second-order valence-electron chi connectivity index (χ2n) is 4.58. The molecule has 0 aliphatic carbocycles. The molecule has 0 aliphatic heterocycles. The van der Waals surface area contributed by atoms with Crippen molar-refractivity contribution >= 4 is 11.7 Å². The van der Waals surface area contributed by atoms with Crippen molar-refractivity contribution in [2.24, 2.45) is 0 Å². The maximum atomic E-state index is 13.3. The van der Waals surface area contributed by atoms with Crippen LogP contribution in [0.1, 0.15) is 5.56 Å². The number of aromatic hydroxyl groups is 2. The summed E-state index contributed by atoms with van der Waals surface area (Å²) in [5.41, 5.74) is 0.588. The van der Waals surface area contributed by atoms with Crippen molar-refractivity contribution in [3.63, 3.8) is 0 Å². The Labute approximate surface area is 125 Å². The summed E-state index contributed by atoms with van der Waals surface area (Å²) in [7, 11) is 0. The summed E-state index contributed by atoms with van der Waals surface area (Å²) in [6.07, 6.45) is 0.410. The summed E-state index contributed by atoms with van der Waals surface area (Å²) in [4.78, 5) is 11.6. The lowest BCUT2D eigenvalue weighted by Crippen LogP contribution is -2.30. The number of carbonyl (C=O) groups excluding carboxylic acids is 1. The molecule has 2 rings (SSSR count). The number of benzene rings is 2. The van der Waals surface area contributed by atoms with Gasteiger partial charge in [-0.15, -0.1) is 0 Å². The maximum Gasteiger partial charge on any atom is 0.319 e. The molecular formula is C15H14F2N2O3. The summed E-state index contributed by atoms with van der Waals surface area (Å²) in [6, 6.07) is 6.55. The molecule has 2 aromatic rings. The van der Waals surface area contributed by atoms with Gasteiger partial charge in [-0.05, 0) is 36.2 Å². The summed E-state index contributed by atoms with van der Waals surface area (Å²) in [5.74, 6) is -2.05. The number of carbonyl (C=O) groups is 1. The lowest BCUT2D eigenvalue weighted by Gasteiger charge is -2.09. The van der Waals surface area contributed by atoms with Crippen molar-refractivity contribution in [2.75, 3.05) is 11.9 Å². The Bertz CT molecular complexity index is 692. The van der Waals surface area contributed by atoms with Crippen molar-refractivity contribution in [1.82, 2.24) is 5.32 Å². The zero-order valence-corrected chi connectivity index (χ0v) is 11.4. The van der Waals surface area contributed by atoms with Gasteiger partial charge in [-0.2, -0.15) is 0 Å². The molecule has 0 bridgehead atoms. The number of hydrogen-bond acceptors (Lipinski definition) is 3. The second-order valence-corrected chi connectivity index (χ2v) is 4.58. The molecule has 0 aromatic heterocycles.